The number of nitrogens with zero attached hydrogens (tertiary/aromatic N) is 1. The summed E-state index contributed by atoms with van der Waals surface area (Å²) in [5, 5.41) is 20.4. The number of carboxylic acids is 1. The first kappa shape index (κ1) is 13.5. The summed E-state index contributed by atoms with van der Waals surface area (Å²) in [4.78, 5) is 11.4. The van der Waals surface area contributed by atoms with E-state index in [1.54, 1.807) is 28.8 Å². The molecule has 5 heteroatoms. The number of fused-ring (bicyclic) bond motifs is 1. The van der Waals surface area contributed by atoms with Gasteiger partial charge in [0.2, 0.25) is 0 Å². The van der Waals surface area contributed by atoms with Crippen LogP contribution in [0.1, 0.15) is 16.1 Å². The molecule has 0 atom stereocenters. The van der Waals surface area contributed by atoms with Crippen molar-refractivity contribution in [3.8, 4) is 5.75 Å². The maximum absolute atomic E-state index is 11.4. The molecular formula is C16H12ClNO3. The number of benzene rings is 2. The zero-order valence-corrected chi connectivity index (χ0v) is 11.7. The summed E-state index contributed by atoms with van der Waals surface area (Å²) >= 11 is 5.97. The van der Waals surface area contributed by atoms with E-state index in [0.717, 1.165) is 5.56 Å². The van der Waals surface area contributed by atoms with Crippen LogP contribution in [0.2, 0.25) is 5.02 Å². The highest BCUT2D eigenvalue weighted by atomic mass is 35.5. The summed E-state index contributed by atoms with van der Waals surface area (Å²) < 4.78 is 1.66. The summed E-state index contributed by atoms with van der Waals surface area (Å²) in [5.41, 5.74) is 1.70. The SMILES string of the molecule is O=C(O)c1cc2c(O)cccc2n1Cc1cccc(Cl)c1. The van der Waals surface area contributed by atoms with Gasteiger partial charge in [-0.1, -0.05) is 29.8 Å². The Balaban J connectivity index is 2.18. The molecule has 0 saturated carbocycles. The van der Waals surface area contributed by atoms with Crippen LogP contribution in [0.5, 0.6) is 5.75 Å². The number of phenols is 1. The number of halogens is 1. The Bertz CT molecular complexity index is 839. The van der Waals surface area contributed by atoms with Crippen LogP contribution in [0.15, 0.2) is 48.5 Å². The molecule has 3 aromatic rings. The van der Waals surface area contributed by atoms with E-state index in [9.17, 15) is 15.0 Å². The molecule has 0 fully saturated rings. The van der Waals surface area contributed by atoms with Crippen LogP contribution in [0, 0.1) is 0 Å². The van der Waals surface area contributed by atoms with Gasteiger partial charge in [-0.05, 0) is 35.9 Å². The smallest absolute Gasteiger partial charge is 0.352 e. The van der Waals surface area contributed by atoms with Crippen LogP contribution >= 0.6 is 11.6 Å². The zero-order chi connectivity index (χ0) is 15.0. The van der Waals surface area contributed by atoms with Gasteiger partial charge in [-0.25, -0.2) is 4.79 Å². The predicted molar refractivity (Wildman–Crippen MR) is 81.1 cm³/mol. The monoisotopic (exact) mass is 301 g/mol. The van der Waals surface area contributed by atoms with Crippen molar-refractivity contribution in [1.82, 2.24) is 4.57 Å². The molecule has 2 aromatic carbocycles. The van der Waals surface area contributed by atoms with Crippen molar-refractivity contribution in [2.24, 2.45) is 0 Å². The van der Waals surface area contributed by atoms with Gasteiger partial charge in [-0.2, -0.15) is 0 Å². The number of aromatic hydroxyl groups is 1. The fraction of sp³-hybridized carbons (Fsp3) is 0.0625. The second-order valence-electron chi connectivity index (χ2n) is 4.76. The summed E-state index contributed by atoms with van der Waals surface area (Å²) in [7, 11) is 0. The van der Waals surface area contributed by atoms with Gasteiger partial charge >= 0.3 is 5.97 Å². The van der Waals surface area contributed by atoms with Gasteiger partial charge in [0.15, 0.2) is 0 Å². The quantitative estimate of drug-likeness (QED) is 0.774. The van der Waals surface area contributed by atoms with Crippen molar-refractivity contribution in [3.05, 3.63) is 64.8 Å². The Kier molecular flexibility index (Phi) is 3.31. The maximum atomic E-state index is 11.4. The number of phenolic OH excluding ortho intramolecular Hbond substituents is 1. The van der Waals surface area contributed by atoms with Gasteiger partial charge < -0.3 is 14.8 Å². The van der Waals surface area contributed by atoms with Crippen LogP contribution in [-0.4, -0.2) is 20.7 Å². The number of carboxylic acid groups (broad SMARTS) is 1. The third kappa shape index (κ3) is 2.45. The second-order valence-corrected chi connectivity index (χ2v) is 5.20. The van der Waals surface area contributed by atoms with Crippen molar-refractivity contribution < 1.29 is 15.0 Å². The van der Waals surface area contributed by atoms with Gasteiger partial charge in [-0.15, -0.1) is 0 Å². The van der Waals surface area contributed by atoms with Crippen molar-refractivity contribution in [2.45, 2.75) is 6.54 Å². The molecule has 0 aliphatic rings. The number of hydrogen-bond donors (Lipinski definition) is 2. The first-order valence-electron chi connectivity index (χ1n) is 6.35. The molecule has 2 N–H and O–H groups in total. The van der Waals surface area contributed by atoms with Gasteiger partial charge in [0.05, 0.1) is 5.52 Å². The highest BCUT2D eigenvalue weighted by Gasteiger charge is 2.16. The molecule has 0 bridgehead atoms. The molecule has 3 rings (SSSR count). The van der Waals surface area contributed by atoms with Crippen molar-refractivity contribution in [3.63, 3.8) is 0 Å². The average molecular weight is 302 g/mol. The molecule has 1 heterocycles. The minimum atomic E-state index is -1.03. The largest absolute Gasteiger partial charge is 0.507 e. The van der Waals surface area contributed by atoms with Gasteiger partial charge in [0, 0.05) is 17.0 Å². The standard InChI is InChI=1S/C16H12ClNO3/c17-11-4-1-3-10(7-11)9-18-13-5-2-6-15(19)12(13)8-14(18)16(20)21/h1-8,19H,9H2,(H,20,21). The van der Waals surface area contributed by atoms with Crippen LogP contribution in [0.25, 0.3) is 10.9 Å². The average Bonchev–Trinajstić information content (AvgIpc) is 2.80. The predicted octanol–water partition coefficient (Wildman–Crippen LogP) is 3.75. The Hall–Kier alpha value is -2.46. The first-order valence-corrected chi connectivity index (χ1v) is 6.73. The summed E-state index contributed by atoms with van der Waals surface area (Å²) in [6.45, 7) is 0.370. The normalized spacial score (nSPS) is 10.9. The molecule has 0 saturated heterocycles. The zero-order valence-electron chi connectivity index (χ0n) is 11.0. The third-order valence-corrected chi connectivity index (χ3v) is 3.61. The molecule has 4 nitrogen and oxygen atoms in total. The van der Waals surface area contributed by atoms with Gasteiger partial charge in [-0.3, -0.25) is 0 Å². The lowest BCUT2D eigenvalue weighted by molar-refractivity contribution is 0.0686. The minimum Gasteiger partial charge on any atom is -0.507 e. The van der Waals surface area contributed by atoms with Crippen molar-refractivity contribution in [1.29, 1.82) is 0 Å². The maximum Gasteiger partial charge on any atom is 0.352 e. The van der Waals surface area contributed by atoms with Crippen molar-refractivity contribution >= 4 is 28.5 Å². The Morgan fingerprint density at radius 2 is 1.90 bits per heavy atom. The van der Waals surface area contributed by atoms with Crippen LogP contribution in [0.4, 0.5) is 0 Å². The first-order chi connectivity index (χ1) is 10.1. The molecule has 0 amide bonds. The highest BCUT2D eigenvalue weighted by Crippen LogP contribution is 2.29. The molecular weight excluding hydrogens is 290 g/mol. The van der Waals surface area contributed by atoms with Gasteiger partial charge in [0.1, 0.15) is 11.4 Å². The second kappa shape index (κ2) is 5.14. The molecule has 0 radical (unpaired) electrons. The molecule has 0 aliphatic heterocycles. The summed E-state index contributed by atoms with van der Waals surface area (Å²) in [6.07, 6.45) is 0. The molecule has 1 aromatic heterocycles. The fourth-order valence-corrected chi connectivity index (χ4v) is 2.65. The molecule has 0 aliphatic carbocycles. The molecule has 106 valence electrons. The number of rotatable bonds is 3. The van der Waals surface area contributed by atoms with E-state index >= 15 is 0 Å². The van der Waals surface area contributed by atoms with E-state index in [1.807, 2.05) is 12.1 Å². The number of carbonyl (C=O) groups is 1. The highest BCUT2D eigenvalue weighted by molar-refractivity contribution is 6.30. The van der Waals surface area contributed by atoms with E-state index in [4.69, 9.17) is 11.6 Å². The Morgan fingerprint density at radius 3 is 2.62 bits per heavy atom. The molecule has 0 unspecified atom stereocenters. The molecule has 0 spiro atoms. The van der Waals surface area contributed by atoms with E-state index in [-0.39, 0.29) is 11.4 Å². The lowest BCUT2D eigenvalue weighted by atomic mass is 10.2. The topological polar surface area (TPSA) is 62.5 Å². The lowest BCUT2D eigenvalue weighted by Gasteiger charge is -2.09. The van der Waals surface area contributed by atoms with Crippen molar-refractivity contribution in [2.75, 3.05) is 0 Å². The Morgan fingerprint density at radius 1 is 1.14 bits per heavy atom. The molecule has 21 heavy (non-hydrogen) atoms. The third-order valence-electron chi connectivity index (χ3n) is 3.37. The van der Waals surface area contributed by atoms with Crippen LogP contribution in [0.3, 0.4) is 0 Å². The van der Waals surface area contributed by atoms with Gasteiger partial charge in [0.25, 0.3) is 0 Å². The van der Waals surface area contributed by atoms with Crippen LogP contribution < -0.4 is 0 Å². The summed E-state index contributed by atoms with van der Waals surface area (Å²) in [5.74, 6) is -0.965. The fourth-order valence-electron chi connectivity index (χ4n) is 2.43. The Labute approximate surface area is 125 Å². The van der Waals surface area contributed by atoms with E-state index in [0.29, 0.717) is 22.5 Å². The number of aromatic carboxylic acids is 1. The number of aromatic nitrogens is 1. The van der Waals surface area contributed by atoms with E-state index in [1.165, 1.54) is 12.1 Å². The number of hydrogen-bond acceptors (Lipinski definition) is 2. The minimum absolute atomic E-state index is 0.0693. The lowest BCUT2D eigenvalue weighted by Crippen LogP contribution is -2.09. The van der Waals surface area contributed by atoms with Crippen LogP contribution in [-0.2, 0) is 6.54 Å². The van der Waals surface area contributed by atoms with E-state index < -0.39 is 5.97 Å². The van der Waals surface area contributed by atoms with E-state index in [2.05, 4.69) is 0 Å². The summed E-state index contributed by atoms with van der Waals surface area (Å²) in [6, 6.07) is 13.8.